The molecule has 0 aromatic carbocycles. The lowest BCUT2D eigenvalue weighted by Crippen LogP contribution is -2.21. The molecule has 0 aliphatic heterocycles. The lowest BCUT2D eigenvalue weighted by atomic mass is 10.2. The van der Waals surface area contributed by atoms with Crippen LogP contribution in [0.3, 0.4) is 0 Å². The average molecular weight is 337 g/mol. The molecule has 25 heavy (non-hydrogen) atoms. The predicted octanol–water partition coefficient (Wildman–Crippen LogP) is 1.68. The van der Waals surface area contributed by atoms with Crippen molar-refractivity contribution in [3.8, 4) is 11.3 Å². The van der Waals surface area contributed by atoms with Crippen LogP contribution >= 0.6 is 0 Å². The number of aryl methyl sites for hydroxylation is 2. The van der Waals surface area contributed by atoms with Crippen LogP contribution in [0.15, 0.2) is 30.9 Å². The Morgan fingerprint density at radius 1 is 1.28 bits per heavy atom. The maximum absolute atomic E-state index is 11.0. The molecule has 1 amide bonds. The molecule has 0 fully saturated rings. The summed E-state index contributed by atoms with van der Waals surface area (Å²) in [5.74, 6) is 0.954. The van der Waals surface area contributed by atoms with E-state index in [2.05, 4.69) is 35.8 Å². The highest BCUT2D eigenvalue weighted by atomic mass is 16.1. The van der Waals surface area contributed by atoms with Crippen molar-refractivity contribution in [2.75, 3.05) is 6.54 Å². The number of hydrogen-bond acceptors (Lipinski definition) is 4. The van der Waals surface area contributed by atoms with Gasteiger partial charge in [0.1, 0.15) is 5.82 Å². The van der Waals surface area contributed by atoms with Gasteiger partial charge < -0.3 is 10.3 Å². The Morgan fingerprint density at radius 2 is 2.12 bits per heavy atom. The number of carbonyl (C=O) groups is 1. The second kappa shape index (κ2) is 6.04. The summed E-state index contributed by atoms with van der Waals surface area (Å²) in [6.45, 7) is 2.17. The number of rotatable bonds is 5. The normalized spacial score (nSPS) is 11.4. The number of H-pyrrole nitrogens is 1. The SMILES string of the molecule is CC(=O)NCCCc1ncc2cnc3[nH]c(-c4cnn(C)c4)cc3n12. The molecule has 2 N–H and O–H groups in total. The van der Waals surface area contributed by atoms with E-state index in [9.17, 15) is 4.79 Å². The zero-order chi connectivity index (χ0) is 17.4. The monoisotopic (exact) mass is 337 g/mol. The molecule has 0 aliphatic rings. The third-order valence-corrected chi connectivity index (χ3v) is 4.17. The zero-order valence-electron chi connectivity index (χ0n) is 14.2. The van der Waals surface area contributed by atoms with E-state index in [1.807, 2.05) is 31.8 Å². The second-order valence-corrected chi connectivity index (χ2v) is 6.10. The van der Waals surface area contributed by atoms with Crippen molar-refractivity contribution < 1.29 is 4.79 Å². The van der Waals surface area contributed by atoms with Crippen LogP contribution in [0.5, 0.6) is 0 Å². The van der Waals surface area contributed by atoms with Crippen LogP contribution in [-0.4, -0.2) is 41.6 Å². The maximum Gasteiger partial charge on any atom is 0.216 e. The first-order valence-electron chi connectivity index (χ1n) is 8.19. The molecule has 0 radical (unpaired) electrons. The summed E-state index contributed by atoms with van der Waals surface area (Å²) in [6, 6.07) is 2.07. The molecule has 0 aliphatic carbocycles. The molecule has 0 spiro atoms. The molecule has 4 heterocycles. The van der Waals surface area contributed by atoms with Crippen molar-refractivity contribution in [3.05, 3.63) is 36.7 Å². The van der Waals surface area contributed by atoms with E-state index < -0.39 is 0 Å². The molecule has 0 saturated heterocycles. The predicted molar refractivity (Wildman–Crippen MR) is 94.1 cm³/mol. The molecule has 0 bridgehead atoms. The number of fused-ring (bicyclic) bond motifs is 3. The zero-order valence-corrected chi connectivity index (χ0v) is 14.2. The van der Waals surface area contributed by atoms with Crippen molar-refractivity contribution in [2.45, 2.75) is 19.8 Å². The maximum atomic E-state index is 11.0. The van der Waals surface area contributed by atoms with Crippen LogP contribution in [0.2, 0.25) is 0 Å². The number of imidazole rings is 1. The van der Waals surface area contributed by atoms with Gasteiger partial charge in [-0.3, -0.25) is 13.9 Å². The topological polar surface area (TPSA) is 92.9 Å². The summed E-state index contributed by atoms with van der Waals surface area (Å²) in [5.41, 5.74) is 4.75. The molecular formula is C17H19N7O. The molecule has 0 unspecified atom stereocenters. The Hall–Kier alpha value is -3.16. The van der Waals surface area contributed by atoms with E-state index in [4.69, 9.17) is 0 Å². The minimum Gasteiger partial charge on any atom is -0.356 e. The van der Waals surface area contributed by atoms with Crippen molar-refractivity contribution in [1.29, 1.82) is 0 Å². The van der Waals surface area contributed by atoms with E-state index in [-0.39, 0.29) is 5.91 Å². The van der Waals surface area contributed by atoms with Crippen LogP contribution < -0.4 is 5.32 Å². The number of aromatic amines is 1. The quantitative estimate of drug-likeness (QED) is 0.542. The smallest absolute Gasteiger partial charge is 0.216 e. The van der Waals surface area contributed by atoms with Gasteiger partial charge in [-0.15, -0.1) is 0 Å². The van der Waals surface area contributed by atoms with E-state index in [1.54, 1.807) is 4.68 Å². The first-order chi connectivity index (χ1) is 12.1. The summed E-state index contributed by atoms with van der Waals surface area (Å²) >= 11 is 0. The summed E-state index contributed by atoms with van der Waals surface area (Å²) in [5, 5.41) is 7.04. The fourth-order valence-electron chi connectivity index (χ4n) is 3.01. The molecule has 128 valence electrons. The van der Waals surface area contributed by atoms with Gasteiger partial charge in [0, 0.05) is 38.7 Å². The highest BCUT2D eigenvalue weighted by Gasteiger charge is 2.12. The third-order valence-electron chi connectivity index (χ3n) is 4.17. The van der Waals surface area contributed by atoms with Crippen LogP contribution in [0.4, 0.5) is 0 Å². The van der Waals surface area contributed by atoms with E-state index in [0.717, 1.165) is 46.6 Å². The van der Waals surface area contributed by atoms with E-state index in [0.29, 0.717) is 6.54 Å². The second-order valence-electron chi connectivity index (χ2n) is 6.10. The molecular weight excluding hydrogens is 318 g/mol. The molecule has 8 heteroatoms. The first kappa shape index (κ1) is 15.4. The summed E-state index contributed by atoms with van der Waals surface area (Å²) < 4.78 is 3.89. The van der Waals surface area contributed by atoms with Crippen molar-refractivity contribution in [2.24, 2.45) is 7.05 Å². The fourth-order valence-corrected chi connectivity index (χ4v) is 3.01. The summed E-state index contributed by atoms with van der Waals surface area (Å²) in [4.78, 5) is 23.3. The standard InChI is InChI=1S/C17H19N7O/c1-11(25)18-5-3-4-16-19-8-13-9-20-17-15(24(13)16)6-14(22-17)12-7-21-23(2)10-12/h6-10,22H,3-5H2,1-2H3,(H,18,25). The third kappa shape index (κ3) is 2.86. The van der Waals surface area contributed by atoms with Crippen LogP contribution in [0.25, 0.3) is 27.9 Å². The van der Waals surface area contributed by atoms with Crippen molar-refractivity contribution >= 4 is 22.6 Å². The number of hydrogen-bond donors (Lipinski definition) is 2. The Labute approximate surface area is 143 Å². The van der Waals surface area contributed by atoms with Crippen LogP contribution in [0.1, 0.15) is 19.2 Å². The molecule has 0 atom stereocenters. The lowest BCUT2D eigenvalue weighted by Gasteiger charge is -2.03. The lowest BCUT2D eigenvalue weighted by molar-refractivity contribution is -0.118. The van der Waals surface area contributed by atoms with Gasteiger partial charge in [0.2, 0.25) is 5.91 Å². The van der Waals surface area contributed by atoms with Gasteiger partial charge in [0.25, 0.3) is 0 Å². The van der Waals surface area contributed by atoms with Gasteiger partial charge in [-0.2, -0.15) is 5.10 Å². The molecule has 4 rings (SSSR count). The molecule has 4 aromatic rings. The summed E-state index contributed by atoms with van der Waals surface area (Å²) in [7, 11) is 1.89. The summed E-state index contributed by atoms with van der Waals surface area (Å²) in [6.07, 6.45) is 9.05. The minimum atomic E-state index is -0.00804. The van der Waals surface area contributed by atoms with Gasteiger partial charge >= 0.3 is 0 Å². The van der Waals surface area contributed by atoms with E-state index in [1.165, 1.54) is 6.92 Å². The highest BCUT2D eigenvalue weighted by molar-refractivity contribution is 5.82. The van der Waals surface area contributed by atoms with Gasteiger partial charge in [-0.05, 0) is 12.5 Å². The molecule has 8 nitrogen and oxygen atoms in total. The van der Waals surface area contributed by atoms with Gasteiger partial charge in [-0.1, -0.05) is 0 Å². The first-order valence-corrected chi connectivity index (χ1v) is 8.19. The van der Waals surface area contributed by atoms with Crippen molar-refractivity contribution in [1.82, 2.24) is 34.4 Å². The Balaban J connectivity index is 1.70. The number of amides is 1. The molecule has 4 aromatic heterocycles. The van der Waals surface area contributed by atoms with Crippen LogP contribution in [-0.2, 0) is 18.3 Å². The van der Waals surface area contributed by atoms with Gasteiger partial charge in [-0.25, -0.2) is 9.97 Å². The largest absolute Gasteiger partial charge is 0.356 e. The average Bonchev–Trinajstić information content (AvgIpc) is 3.27. The Morgan fingerprint density at radius 3 is 2.88 bits per heavy atom. The van der Waals surface area contributed by atoms with E-state index >= 15 is 0 Å². The Bertz CT molecular complexity index is 1060. The number of carbonyl (C=O) groups excluding carboxylic acids is 1. The molecule has 0 saturated carbocycles. The Kier molecular flexibility index (Phi) is 3.72. The minimum absolute atomic E-state index is 0.00804. The fraction of sp³-hybridized carbons (Fsp3) is 0.294. The van der Waals surface area contributed by atoms with Crippen molar-refractivity contribution in [3.63, 3.8) is 0 Å². The van der Waals surface area contributed by atoms with Gasteiger partial charge in [0.05, 0.1) is 35.3 Å². The number of nitrogens with one attached hydrogen (secondary N) is 2. The van der Waals surface area contributed by atoms with Crippen LogP contribution in [0, 0.1) is 0 Å². The highest BCUT2D eigenvalue weighted by Crippen LogP contribution is 2.24. The van der Waals surface area contributed by atoms with Gasteiger partial charge in [0.15, 0.2) is 5.65 Å². The number of aromatic nitrogens is 6. The number of nitrogens with zero attached hydrogens (tertiary/aromatic N) is 5.